The first-order chi connectivity index (χ1) is 12.1. The van der Waals surface area contributed by atoms with Crippen LogP contribution in [0.1, 0.15) is 16.1 Å². The number of benzene rings is 2. The van der Waals surface area contributed by atoms with E-state index in [0.29, 0.717) is 23.9 Å². The molecule has 1 heterocycles. The minimum atomic E-state index is -0.625. The first kappa shape index (κ1) is 16.4. The van der Waals surface area contributed by atoms with Crippen molar-refractivity contribution in [2.24, 2.45) is 5.73 Å². The van der Waals surface area contributed by atoms with Crippen molar-refractivity contribution < 1.29 is 13.9 Å². The van der Waals surface area contributed by atoms with E-state index in [9.17, 15) is 9.18 Å². The SMILES string of the molecule is NC(=O)c1cc(NCc2ccccc2Oc2cccc(F)c2)ncn1. The Balaban J connectivity index is 1.75. The van der Waals surface area contributed by atoms with Gasteiger partial charge in [-0.15, -0.1) is 0 Å². The highest BCUT2D eigenvalue weighted by atomic mass is 19.1. The molecule has 0 atom stereocenters. The molecule has 0 aliphatic heterocycles. The molecule has 0 saturated carbocycles. The van der Waals surface area contributed by atoms with Crippen LogP contribution in [0.15, 0.2) is 60.9 Å². The number of rotatable bonds is 6. The minimum absolute atomic E-state index is 0.127. The molecular weight excluding hydrogens is 323 g/mol. The highest BCUT2D eigenvalue weighted by molar-refractivity contribution is 5.91. The third-order valence-corrected chi connectivity index (χ3v) is 3.38. The van der Waals surface area contributed by atoms with Gasteiger partial charge in [0, 0.05) is 24.2 Å². The number of hydrogen-bond acceptors (Lipinski definition) is 5. The van der Waals surface area contributed by atoms with E-state index in [1.54, 1.807) is 18.2 Å². The number of nitrogens with two attached hydrogens (primary N) is 1. The fourth-order valence-corrected chi connectivity index (χ4v) is 2.18. The molecule has 0 bridgehead atoms. The topological polar surface area (TPSA) is 90.1 Å². The predicted molar refractivity (Wildman–Crippen MR) is 90.8 cm³/mol. The molecule has 3 N–H and O–H groups in total. The summed E-state index contributed by atoms with van der Waals surface area (Å²) in [5.74, 6) is 0.466. The number of nitrogens with one attached hydrogen (secondary N) is 1. The number of para-hydroxylation sites is 1. The second kappa shape index (κ2) is 7.39. The van der Waals surface area contributed by atoms with Crippen molar-refractivity contribution in [3.05, 3.63) is 78.0 Å². The summed E-state index contributed by atoms with van der Waals surface area (Å²) >= 11 is 0. The zero-order valence-corrected chi connectivity index (χ0v) is 13.1. The summed E-state index contributed by atoms with van der Waals surface area (Å²) in [7, 11) is 0. The van der Waals surface area contributed by atoms with Gasteiger partial charge < -0.3 is 15.8 Å². The summed E-state index contributed by atoms with van der Waals surface area (Å²) in [4.78, 5) is 19.0. The third kappa shape index (κ3) is 4.29. The van der Waals surface area contributed by atoms with Crippen LogP contribution in [0.4, 0.5) is 10.2 Å². The van der Waals surface area contributed by atoms with Gasteiger partial charge in [-0.25, -0.2) is 14.4 Å². The molecule has 0 aliphatic rings. The fourth-order valence-electron chi connectivity index (χ4n) is 2.18. The number of ether oxygens (including phenoxy) is 1. The number of halogens is 1. The maximum absolute atomic E-state index is 13.3. The molecule has 0 aliphatic carbocycles. The van der Waals surface area contributed by atoms with E-state index in [2.05, 4.69) is 15.3 Å². The van der Waals surface area contributed by atoms with Crippen molar-refractivity contribution in [3.63, 3.8) is 0 Å². The number of nitrogens with zero attached hydrogens (tertiary/aromatic N) is 2. The molecule has 0 saturated heterocycles. The number of hydrogen-bond donors (Lipinski definition) is 2. The van der Waals surface area contributed by atoms with E-state index in [-0.39, 0.29) is 11.5 Å². The molecule has 1 aromatic heterocycles. The standard InChI is InChI=1S/C18H15FN4O2/c19-13-5-3-6-14(8-13)25-16-7-2-1-4-12(16)10-21-17-9-15(18(20)24)22-11-23-17/h1-9,11H,10H2,(H2,20,24)(H,21,22,23). The number of carbonyl (C=O) groups excluding carboxylic acids is 1. The number of aromatic nitrogens is 2. The van der Waals surface area contributed by atoms with Crippen LogP contribution in [0.25, 0.3) is 0 Å². The summed E-state index contributed by atoms with van der Waals surface area (Å²) in [6.45, 7) is 0.390. The Morgan fingerprint density at radius 3 is 2.76 bits per heavy atom. The van der Waals surface area contributed by atoms with Gasteiger partial charge in [-0.1, -0.05) is 24.3 Å². The quantitative estimate of drug-likeness (QED) is 0.721. The zero-order valence-electron chi connectivity index (χ0n) is 13.1. The maximum Gasteiger partial charge on any atom is 0.267 e. The fraction of sp³-hybridized carbons (Fsp3) is 0.0556. The van der Waals surface area contributed by atoms with Crippen LogP contribution in [0.2, 0.25) is 0 Å². The van der Waals surface area contributed by atoms with Gasteiger partial charge in [0.2, 0.25) is 0 Å². The van der Waals surface area contributed by atoms with Crippen LogP contribution in [-0.4, -0.2) is 15.9 Å². The molecule has 0 unspecified atom stereocenters. The van der Waals surface area contributed by atoms with Gasteiger partial charge >= 0.3 is 0 Å². The first-order valence-electron chi connectivity index (χ1n) is 7.49. The average Bonchev–Trinajstić information content (AvgIpc) is 2.61. The van der Waals surface area contributed by atoms with E-state index in [4.69, 9.17) is 10.5 Å². The van der Waals surface area contributed by atoms with Gasteiger partial charge in [0.1, 0.15) is 35.2 Å². The second-order valence-electron chi connectivity index (χ2n) is 5.17. The number of carbonyl (C=O) groups is 1. The predicted octanol–water partition coefficient (Wildman–Crippen LogP) is 3.12. The Labute approximate surface area is 143 Å². The van der Waals surface area contributed by atoms with Crippen LogP contribution in [0.5, 0.6) is 11.5 Å². The molecule has 25 heavy (non-hydrogen) atoms. The number of anilines is 1. The highest BCUT2D eigenvalue weighted by Gasteiger charge is 2.07. The van der Waals surface area contributed by atoms with Crippen molar-refractivity contribution in [2.45, 2.75) is 6.54 Å². The van der Waals surface area contributed by atoms with Gasteiger partial charge in [-0.2, -0.15) is 0 Å². The molecule has 126 valence electrons. The lowest BCUT2D eigenvalue weighted by Crippen LogP contribution is -2.14. The summed E-state index contributed by atoms with van der Waals surface area (Å²) in [5.41, 5.74) is 6.17. The van der Waals surface area contributed by atoms with Crippen molar-refractivity contribution in [1.29, 1.82) is 0 Å². The summed E-state index contributed by atoms with van der Waals surface area (Å²) in [5, 5.41) is 3.08. The normalized spacial score (nSPS) is 10.3. The molecule has 0 radical (unpaired) electrons. The molecule has 0 fully saturated rings. The van der Waals surface area contributed by atoms with Gasteiger partial charge in [0.25, 0.3) is 5.91 Å². The monoisotopic (exact) mass is 338 g/mol. The van der Waals surface area contributed by atoms with Gasteiger partial charge in [0.15, 0.2) is 0 Å². The molecular formula is C18H15FN4O2. The summed E-state index contributed by atoms with van der Waals surface area (Å²) < 4.78 is 19.1. The number of primary amides is 1. The molecule has 7 heteroatoms. The number of amides is 1. The Bertz CT molecular complexity index is 902. The van der Waals surface area contributed by atoms with E-state index in [0.717, 1.165) is 5.56 Å². The Hall–Kier alpha value is -3.48. The lowest BCUT2D eigenvalue weighted by atomic mass is 10.2. The largest absolute Gasteiger partial charge is 0.457 e. The van der Waals surface area contributed by atoms with Crippen molar-refractivity contribution in [1.82, 2.24) is 9.97 Å². The lowest BCUT2D eigenvalue weighted by Gasteiger charge is -2.12. The molecule has 3 aromatic rings. The Morgan fingerprint density at radius 1 is 1.12 bits per heavy atom. The molecule has 0 spiro atoms. The Kier molecular flexibility index (Phi) is 4.84. The van der Waals surface area contributed by atoms with Gasteiger partial charge in [0.05, 0.1) is 0 Å². The maximum atomic E-state index is 13.3. The summed E-state index contributed by atoms with van der Waals surface area (Å²) in [6, 6.07) is 14.7. The van der Waals surface area contributed by atoms with E-state index < -0.39 is 5.91 Å². The Morgan fingerprint density at radius 2 is 1.96 bits per heavy atom. The van der Waals surface area contributed by atoms with Crippen molar-refractivity contribution in [3.8, 4) is 11.5 Å². The van der Waals surface area contributed by atoms with E-state index in [1.165, 1.54) is 24.5 Å². The van der Waals surface area contributed by atoms with Crippen molar-refractivity contribution >= 4 is 11.7 Å². The highest BCUT2D eigenvalue weighted by Crippen LogP contribution is 2.26. The lowest BCUT2D eigenvalue weighted by molar-refractivity contribution is 0.0995. The molecule has 2 aromatic carbocycles. The molecule has 1 amide bonds. The molecule has 6 nitrogen and oxygen atoms in total. The van der Waals surface area contributed by atoms with E-state index in [1.807, 2.05) is 18.2 Å². The second-order valence-corrected chi connectivity index (χ2v) is 5.17. The minimum Gasteiger partial charge on any atom is -0.457 e. The summed E-state index contributed by atoms with van der Waals surface area (Å²) in [6.07, 6.45) is 1.26. The van der Waals surface area contributed by atoms with E-state index >= 15 is 0 Å². The zero-order chi connectivity index (χ0) is 17.6. The average molecular weight is 338 g/mol. The first-order valence-corrected chi connectivity index (χ1v) is 7.49. The molecule has 3 rings (SSSR count). The van der Waals surface area contributed by atoms with Crippen LogP contribution >= 0.6 is 0 Å². The van der Waals surface area contributed by atoms with Gasteiger partial charge in [-0.3, -0.25) is 4.79 Å². The third-order valence-electron chi connectivity index (χ3n) is 3.38. The van der Waals surface area contributed by atoms with Crippen LogP contribution in [0, 0.1) is 5.82 Å². The smallest absolute Gasteiger partial charge is 0.267 e. The van der Waals surface area contributed by atoms with Crippen LogP contribution in [-0.2, 0) is 6.54 Å². The van der Waals surface area contributed by atoms with Gasteiger partial charge in [-0.05, 0) is 18.2 Å². The van der Waals surface area contributed by atoms with Crippen molar-refractivity contribution in [2.75, 3.05) is 5.32 Å². The van der Waals surface area contributed by atoms with Crippen LogP contribution < -0.4 is 15.8 Å². The van der Waals surface area contributed by atoms with Crippen LogP contribution in [0.3, 0.4) is 0 Å².